The Bertz CT molecular complexity index is 663. The second kappa shape index (κ2) is 4.67. The van der Waals surface area contributed by atoms with Crippen molar-refractivity contribution in [2.75, 3.05) is 0 Å². The summed E-state index contributed by atoms with van der Waals surface area (Å²) in [5, 5.41) is 3.38. The van der Waals surface area contributed by atoms with Gasteiger partial charge in [-0.25, -0.2) is 9.97 Å². The van der Waals surface area contributed by atoms with Crippen molar-refractivity contribution in [3.8, 4) is 0 Å². The molecule has 0 saturated carbocycles. The number of aryl methyl sites for hydroxylation is 2. The lowest BCUT2D eigenvalue weighted by atomic mass is 9.82. The van der Waals surface area contributed by atoms with Crippen LogP contribution in [0.25, 0.3) is 0 Å². The highest BCUT2D eigenvalue weighted by atomic mass is 15.0. The highest BCUT2D eigenvalue weighted by molar-refractivity contribution is 5.38. The maximum atomic E-state index is 4.86. The SMILES string of the molecule is Cc1nc(C2CCCc3ccccc32)nc2c1CNC2. The Morgan fingerprint density at radius 2 is 2.05 bits per heavy atom. The van der Waals surface area contributed by atoms with Crippen LogP contribution in [0.3, 0.4) is 0 Å². The molecule has 1 aromatic heterocycles. The molecule has 1 aliphatic heterocycles. The molecule has 3 heteroatoms. The molecule has 0 amide bonds. The summed E-state index contributed by atoms with van der Waals surface area (Å²) < 4.78 is 0. The Kier molecular flexibility index (Phi) is 2.81. The standard InChI is InChI=1S/C17H19N3/c1-11-15-9-18-10-16(15)20-17(19-11)14-8-4-6-12-5-2-3-7-13(12)14/h2-3,5,7,14,18H,4,6,8-10H2,1H3. The lowest BCUT2D eigenvalue weighted by Gasteiger charge is -2.25. The predicted molar refractivity (Wildman–Crippen MR) is 78.5 cm³/mol. The monoisotopic (exact) mass is 265 g/mol. The van der Waals surface area contributed by atoms with Gasteiger partial charge in [0, 0.05) is 30.3 Å². The first kappa shape index (κ1) is 12.0. The van der Waals surface area contributed by atoms with Crippen molar-refractivity contribution in [2.45, 2.75) is 45.2 Å². The molecule has 0 saturated heterocycles. The zero-order chi connectivity index (χ0) is 13.5. The summed E-state index contributed by atoms with van der Waals surface area (Å²) in [6.45, 7) is 3.93. The van der Waals surface area contributed by atoms with Crippen LogP contribution in [0.5, 0.6) is 0 Å². The summed E-state index contributed by atoms with van der Waals surface area (Å²) in [5.41, 5.74) is 6.57. The van der Waals surface area contributed by atoms with Crippen LogP contribution in [0.1, 0.15) is 52.7 Å². The second-order valence-electron chi connectivity index (χ2n) is 5.84. The molecule has 1 aromatic carbocycles. The largest absolute Gasteiger partial charge is 0.307 e. The fourth-order valence-corrected chi connectivity index (χ4v) is 3.54. The minimum absolute atomic E-state index is 0.379. The molecular formula is C17H19N3. The molecule has 1 N–H and O–H groups in total. The molecule has 0 radical (unpaired) electrons. The van der Waals surface area contributed by atoms with Gasteiger partial charge in [-0.2, -0.15) is 0 Å². The Morgan fingerprint density at radius 3 is 3.00 bits per heavy atom. The van der Waals surface area contributed by atoms with E-state index in [1.807, 2.05) is 0 Å². The van der Waals surface area contributed by atoms with Crippen LogP contribution in [0, 0.1) is 6.92 Å². The Morgan fingerprint density at radius 1 is 1.15 bits per heavy atom. The van der Waals surface area contributed by atoms with Gasteiger partial charge in [0.25, 0.3) is 0 Å². The smallest absolute Gasteiger partial charge is 0.136 e. The molecule has 0 spiro atoms. The van der Waals surface area contributed by atoms with Crippen LogP contribution >= 0.6 is 0 Å². The third kappa shape index (κ3) is 1.85. The van der Waals surface area contributed by atoms with Crippen molar-refractivity contribution >= 4 is 0 Å². The molecule has 0 fully saturated rings. The van der Waals surface area contributed by atoms with E-state index in [2.05, 4.69) is 36.5 Å². The van der Waals surface area contributed by atoms with E-state index in [-0.39, 0.29) is 0 Å². The normalized spacial score (nSPS) is 20.6. The van der Waals surface area contributed by atoms with Gasteiger partial charge in [0.05, 0.1) is 5.69 Å². The van der Waals surface area contributed by atoms with Crippen molar-refractivity contribution in [3.63, 3.8) is 0 Å². The molecule has 0 bridgehead atoms. The first-order valence-electron chi connectivity index (χ1n) is 7.48. The molecule has 2 aliphatic rings. The summed E-state index contributed by atoms with van der Waals surface area (Å²) in [4.78, 5) is 9.68. The maximum absolute atomic E-state index is 4.86. The zero-order valence-corrected chi connectivity index (χ0v) is 11.8. The molecule has 20 heavy (non-hydrogen) atoms. The van der Waals surface area contributed by atoms with E-state index in [1.165, 1.54) is 41.6 Å². The van der Waals surface area contributed by atoms with E-state index in [0.29, 0.717) is 5.92 Å². The molecular weight excluding hydrogens is 246 g/mol. The highest BCUT2D eigenvalue weighted by Gasteiger charge is 2.26. The molecule has 2 aromatic rings. The predicted octanol–water partition coefficient (Wildman–Crippen LogP) is 2.86. The van der Waals surface area contributed by atoms with Crippen molar-refractivity contribution in [3.05, 3.63) is 58.2 Å². The van der Waals surface area contributed by atoms with Crippen LogP contribution in [-0.2, 0) is 19.5 Å². The van der Waals surface area contributed by atoms with Gasteiger partial charge in [-0.05, 0) is 37.3 Å². The average Bonchev–Trinajstić information content (AvgIpc) is 2.95. The van der Waals surface area contributed by atoms with E-state index >= 15 is 0 Å². The topological polar surface area (TPSA) is 37.8 Å². The van der Waals surface area contributed by atoms with Gasteiger partial charge in [0.1, 0.15) is 5.82 Å². The van der Waals surface area contributed by atoms with Crippen LogP contribution in [0.15, 0.2) is 24.3 Å². The van der Waals surface area contributed by atoms with Gasteiger partial charge < -0.3 is 5.32 Å². The summed E-state index contributed by atoms with van der Waals surface area (Å²) in [7, 11) is 0. The summed E-state index contributed by atoms with van der Waals surface area (Å²) in [6.07, 6.45) is 3.60. The number of benzene rings is 1. The summed E-state index contributed by atoms with van der Waals surface area (Å²) in [5.74, 6) is 1.40. The van der Waals surface area contributed by atoms with Gasteiger partial charge in [0.2, 0.25) is 0 Å². The van der Waals surface area contributed by atoms with Crippen LogP contribution in [0.2, 0.25) is 0 Å². The molecule has 2 heterocycles. The number of aromatic nitrogens is 2. The van der Waals surface area contributed by atoms with Gasteiger partial charge in [0.15, 0.2) is 0 Å². The third-order valence-electron chi connectivity index (χ3n) is 4.59. The molecule has 102 valence electrons. The highest BCUT2D eigenvalue weighted by Crippen LogP contribution is 2.35. The third-order valence-corrected chi connectivity index (χ3v) is 4.59. The number of nitrogens with zero attached hydrogens (tertiary/aromatic N) is 2. The van der Waals surface area contributed by atoms with Crippen LogP contribution < -0.4 is 5.32 Å². The number of hydrogen-bond donors (Lipinski definition) is 1. The fraction of sp³-hybridized carbons (Fsp3) is 0.412. The van der Waals surface area contributed by atoms with Gasteiger partial charge >= 0.3 is 0 Å². The van der Waals surface area contributed by atoms with E-state index in [9.17, 15) is 0 Å². The number of hydrogen-bond acceptors (Lipinski definition) is 3. The average molecular weight is 265 g/mol. The van der Waals surface area contributed by atoms with E-state index in [4.69, 9.17) is 9.97 Å². The summed E-state index contributed by atoms with van der Waals surface area (Å²) in [6, 6.07) is 8.78. The Hall–Kier alpha value is -1.74. The molecule has 1 unspecified atom stereocenters. The molecule has 1 atom stereocenters. The maximum Gasteiger partial charge on any atom is 0.136 e. The minimum Gasteiger partial charge on any atom is -0.307 e. The quantitative estimate of drug-likeness (QED) is 0.861. The van der Waals surface area contributed by atoms with E-state index in [1.54, 1.807) is 0 Å². The number of nitrogens with one attached hydrogen (secondary N) is 1. The molecule has 3 nitrogen and oxygen atoms in total. The minimum atomic E-state index is 0.379. The van der Waals surface area contributed by atoms with Crippen LogP contribution in [0.4, 0.5) is 0 Å². The lowest BCUT2D eigenvalue weighted by molar-refractivity contribution is 0.586. The van der Waals surface area contributed by atoms with Gasteiger partial charge in [-0.3, -0.25) is 0 Å². The zero-order valence-electron chi connectivity index (χ0n) is 11.8. The van der Waals surface area contributed by atoms with Gasteiger partial charge in [-0.15, -0.1) is 0 Å². The van der Waals surface area contributed by atoms with Crippen molar-refractivity contribution in [1.82, 2.24) is 15.3 Å². The first-order chi connectivity index (χ1) is 9.83. The Labute approximate surface area is 119 Å². The number of rotatable bonds is 1. The van der Waals surface area contributed by atoms with Crippen molar-refractivity contribution in [2.24, 2.45) is 0 Å². The second-order valence-corrected chi connectivity index (χ2v) is 5.84. The lowest BCUT2D eigenvalue weighted by Crippen LogP contribution is -2.15. The van der Waals surface area contributed by atoms with E-state index < -0.39 is 0 Å². The van der Waals surface area contributed by atoms with Crippen molar-refractivity contribution in [1.29, 1.82) is 0 Å². The molecule has 1 aliphatic carbocycles. The molecule has 4 rings (SSSR count). The fourth-order valence-electron chi connectivity index (χ4n) is 3.54. The van der Waals surface area contributed by atoms with E-state index in [0.717, 1.165) is 24.6 Å². The van der Waals surface area contributed by atoms with Crippen LogP contribution in [-0.4, -0.2) is 9.97 Å². The summed E-state index contributed by atoms with van der Waals surface area (Å²) >= 11 is 0. The van der Waals surface area contributed by atoms with Crippen molar-refractivity contribution < 1.29 is 0 Å². The Balaban J connectivity index is 1.81. The van der Waals surface area contributed by atoms with Gasteiger partial charge in [-0.1, -0.05) is 24.3 Å². The number of fused-ring (bicyclic) bond motifs is 2. The first-order valence-corrected chi connectivity index (χ1v) is 7.48.